The highest BCUT2D eigenvalue weighted by molar-refractivity contribution is 7.89. The van der Waals surface area contributed by atoms with Crippen LogP contribution in [0.1, 0.15) is 11.7 Å². The van der Waals surface area contributed by atoms with E-state index in [4.69, 9.17) is 9.47 Å². The zero-order chi connectivity index (χ0) is 19.6. The molecule has 150 valence electrons. The van der Waals surface area contributed by atoms with Crippen molar-refractivity contribution in [2.75, 3.05) is 45.9 Å². The molecule has 28 heavy (non-hydrogen) atoms. The van der Waals surface area contributed by atoms with Crippen LogP contribution >= 0.6 is 0 Å². The van der Waals surface area contributed by atoms with Crippen molar-refractivity contribution < 1.29 is 27.9 Å². The molecule has 2 N–H and O–H groups in total. The number of quaternary nitrogens is 1. The van der Waals surface area contributed by atoms with Crippen LogP contribution < -0.4 is 14.4 Å². The standard InChI is InChI=1S/C20H24N2O5S/c23-18(16-4-2-1-3-5-16)15-21-8-10-22(11-9-21)28(24,25)17-6-7-19-20(14-17)27-13-12-26-19/h1-7,14,18,23H,8-13,15H2/p+1/t18-/m1/s1. The van der Waals surface area contributed by atoms with E-state index in [0.717, 1.165) is 5.56 Å². The first-order chi connectivity index (χ1) is 13.5. The first-order valence-corrected chi connectivity index (χ1v) is 10.9. The Morgan fingerprint density at radius 2 is 1.68 bits per heavy atom. The van der Waals surface area contributed by atoms with Crippen LogP contribution in [0.2, 0.25) is 0 Å². The third-order valence-electron chi connectivity index (χ3n) is 5.25. The third kappa shape index (κ3) is 4.00. The number of ether oxygens (including phenoxy) is 2. The van der Waals surface area contributed by atoms with E-state index in [1.54, 1.807) is 18.2 Å². The molecule has 0 bridgehead atoms. The molecule has 0 saturated carbocycles. The fourth-order valence-electron chi connectivity index (χ4n) is 3.65. The smallest absolute Gasteiger partial charge is 0.243 e. The molecule has 0 aliphatic carbocycles. The number of hydrogen-bond acceptors (Lipinski definition) is 5. The average molecular weight is 405 g/mol. The van der Waals surface area contributed by atoms with Gasteiger partial charge in [0.25, 0.3) is 0 Å². The normalized spacial score (nSPS) is 19.3. The van der Waals surface area contributed by atoms with Gasteiger partial charge in [-0.15, -0.1) is 0 Å². The van der Waals surface area contributed by atoms with E-state index < -0.39 is 16.1 Å². The number of nitrogens with zero attached hydrogens (tertiary/aromatic N) is 1. The lowest BCUT2D eigenvalue weighted by Crippen LogP contribution is -3.15. The highest BCUT2D eigenvalue weighted by atomic mass is 32.2. The quantitative estimate of drug-likeness (QED) is 0.737. The van der Waals surface area contributed by atoms with Gasteiger partial charge in [-0.05, 0) is 17.7 Å². The van der Waals surface area contributed by atoms with Crippen LogP contribution in [0.5, 0.6) is 11.5 Å². The Morgan fingerprint density at radius 3 is 2.39 bits per heavy atom. The maximum Gasteiger partial charge on any atom is 0.243 e. The fraction of sp³-hybridized carbons (Fsp3) is 0.400. The van der Waals surface area contributed by atoms with Gasteiger partial charge in [0.05, 0.1) is 31.1 Å². The van der Waals surface area contributed by atoms with Crippen molar-refractivity contribution in [3.05, 3.63) is 54.1 Å². The minimum atomic E-state index is -3.58. The first kappa shape index (κ1) is 19.2. The molecule has 1 atom stereocenters. The fourth-order valence-corrected chi connectivity index (χ4v) is 5.10. The number of rotatable bonds is 5. The van der Waals surface area contributed by atoms with Gasteiger partial charge >= 0.3 is 0 Å². The highest BCUT2D eigenvalue weighted by Gasteiger charge is 2.32. The topological polar surface area (TPSA) is 80.5 Å². The Labute approximate surface area is 165 Å². The van der Waals surface area contributed by atoms with Gasteiger partial charge in [-0.25, -0.2) is 8.42 Å². The monoisotopic (exact) mass is 405 g/mol. The second kappa shape index (κ2) is 8.08. The van der Waals surface area contributed by atoms with Gasteiger partial charge in [0.1, 0.15) is 25.9 Å². The molecule has 2 aromatic carbocycles. The number of nitrogens with one attached hydrogen (secondary N) is 1. The molecule has 8 heteroatoms. The first-order valence-electron chi connectivity index (χ1n) is 9.50. The second-order valence-corrected chi connectivity index (χ2v) is 9.03. The molecule has 0 amide bonds. The van der Waals surface area contributed by atoms with Crippen LogP contribution in [0.4, 0.5) is 0 Å². The van der Waals surface area contributed by atoms with Crippen LogP contribution in [0, 0.1) is 0 Å². The average Bonchev–Trinajstić information content (AvgIpc) is 2.74. The SMILES string of the molecule is O=S(=O)(c1ccc2c(c1)OCCO2)N1CC[NH+](C[C@@H](O)c2ccccc2)CC1. The van der Waals surface area contributed by atoms with E-state index in [9.17, 15) is 13.5 Å². The lowest BCUT2D eigenvalue weighted by molar-refractivity contribution is -0.907. The third-order valence-corrected chi connectivity index (χ3v) is 7.14. The van der Waals surface area contributed by atoms with Crippen molar-refractivity contribution in [1.29, 1.82) is 0 Å². The largest absolute Gasteiger partial charge is 0.486 e. The number of piperazine rings is 1. The van der Waals surface area contributed by atoms with E-state index in [1.807, 2.05) is 30.3 Å². The van der Waals surface area contributed by atoms with Gasteiger partial charge in [-0.1, -0.05) is 30.3 Å². The van der Waals surface area contributed by atoms with E-state index in [1.165, 1.54) is 9.21 Å². The summed E-state index contributed by atoms with van der Waals surface area (Å²) in [6.07, 6.45) is -0.544. The number of aliphatic hydroxyl groups is 1. The Kier molecular flexibility index (Phi) is 5.54. The van der Waals surface area contributed by atoms with Crippen molar-refractivity contribution in [3.63, 3.8) is 0 Å². The molecule has 2 heterocycles. The second-order valence-electron chi connectivity index (χ2n) is 7.09. The number of benzene rings is 2. The molecule has 0 unspecified atom stereocenters. The van der Waals surface area contributed by atoms with E-state index in [-0.39, 0.29) is 4.90 Å². The number of hydrogen-bond donors (Lipinski definition) is 2. The van der Waals surface area contributed by atoms with Crippen molar-refractivity contribution in [2.24, 2.45) is 0 Å². The van der Waals surface area contributed by atoms with E-state index in [2.05, 4.69) is 0 Å². The van der Waals surface area contributed by atoms with Crippen LogP contribution in [0.3, 0.4) is 0 Å². The zero-order valence-corrected chi connectivity index (χ0v) is 16.4. The Hall–Kier alpha value is -2.13. The molecule has 7 nitrogen and oxygen atoms in total. The molecular weight excluding hydrogens is 380 g/mol. The molecule has 1 saturated heterocycles. The maximum atomic E-state index is 13.0. The predicted octanol–water partition coefficient (Wildman–Crippen LogP) is 0.0806. The van der Waals surface area contributed by atoms with Crippen LogP contribution in [0.25, 0.3) is 0 Å². The molecule has 1 fully saturated rings. The minimum absolute atomic E-state index is 0.226. The molecule has 0 aromatic heterocycles. The summed E-state index contributed by atoms with van der Waals surface area (Å²) in [5.41, 5.74) is 0.890. The summed E-state index contributed by atoms with van der Waals surface area (Å²) in [4.78, 5) is 1.43. The highest BCUT2D eigenvalue weighted by Crippen LogP contribution is 2.33. The van der Waals surface area contributed by atoms with E-state index >= 15 is 0 Å². The molecule has 0 spiro atoms. The zero-order valence-electron chi connectivity index (χ0n) is 15.6. The van der Waals surface area contributed by atoms with Gasteiger partial charge in [0, 0.05) is 6.07 Å². The summed E-state index contributed by atoms with van der Waals surface area (Å²) in [6, 6.07) is 14.3. The Bertz CT molecular complexity index is 911. The minimum Gasteiger partial charge on any atom is -0.486 e. The lowest BCUT2D eigenvalue weighted by Gasteiger charge is -2.32. The van der Waals surface area contributed by atoms with E-state index in [0.29, 0.717) is 57.4 Å². The molecule has 2 aliphatic heterocycles. The van der Waals surface area contributed by atoms with Gasteiger partial charge in [-0.2, -0.15) is 4.31 Å². The van der Waals surface area contributed by atoms with Crippen molar-refractivity contribution in [3.8, 4) is 11.5 Å². The van der Waals surface area contributed by atoms with Crippen molar-refractivity contribution in [1.82, 2.24) is 4.31 Å². The maximum absolute atomic E-state index is 13.0. The molecule has 4 rings (SSSR count). The molecule has 0 radical (unpaired) electrons. The van der Waals surface area contributed by atoms with Gasteiger partial charge in [-0.3, -0.25) is 0 Å². The Balaban J connectivity index is 1.39. The molecule has 2 aliphatic rings. The summed E-state index contributed by atoms with van der Waals surface area (Å²) >= 11 is 0. The summed E-state index contributed by atoms with van der Waals surface area (Å²) in [6.45, 7) is 3.63. The molecular formula is C20H25N2O5S+. The number of sulfonamides is 1. The summed E-state index contributed by atoms with van der Waals surface area (Å²) in [5.74, 6) is 1.05. The van der Waals surface area contributed by atoms with Gasteiger partial charge in [0.2, 0.25) is 10.0 Å². The molecule has 2 aromatic rings. The summed E-state index contributed by atoms with van der Waals surface area (Å²) in [7, 11) is -3.58. The predicted molar refractivity (Wildman–Crippen MR) is 103 cm³/mol. The number of aliphatic hydroxyl groups excluding tert-OH is 1. The lowest BCUT2D eigenvalue weighted by atomic mass is 10.1. The summed E-state index contributed by atoms with van der Waals surface area (Å²) in [5, 5.41) is 10.4. The number of fused-ring (bicyclic) bond motifs is 1. The van der Waals surface area contributed by atoms with Crippen LogP contribution in [-0.2, 0) is 10.0 Å². The van der Waals surface area contributed by atoms with Crippen LogP contribution in [0.15, 0.2) is 53.4 Å². The van der Waals surface area contributed by atoms with Crippen LogP contribution in [-0.4, -0.2) is 63.8 Å². The summed E-state index contributed by atoms with van der Waals surface area (Å²) < 4.78 is 38.5. The Morgan fingerprint density at radius 1 is 1.00 bits per heavy atom. The van der Waals surface area contributed by atoms with Gasteiger partial charge in [0.15, 0.2) is 11.5 Å². The van der Waals surface area contributed by atoms with Crippen molar-refractivity contribution >= 4 is 10.0 Å². The van der Waals surface area contributed by atoms with Crippen molar-refractivity contribution in [2.45, 2.75) is 11.0 Å². The van der Waals surface area contributed by atoms with Gasteiger partial charge < -0.3 is 19.5 Å².